The molecule has 1 atom stereocenters. The number of hydrogen-bond donors (Lipinski definition) is 1. The van der Waals surface area contributed by atoms with E-state index in [2.05, 4.69) is 0 Å². The van der Waals surface area contributed by atoms with Crippen molar-refractivity contribution < 1.29 is 18.3 Å². The van der Waals surface area contributed by atoms with Gasteiger partial charge in [-0.3, -0.25) is 0 Å². The fourth-order valence-corrected chi connectivity index (χ4v) is 2.20. The quantitative estimate of drug-likeness (QED) is 0.852. The molecule has 1 nitrogen and oxygen atoms in total. The number of benzene rings is 2. The maximum Gasteiger partial charge on any atom is 0.159 e. The van der Waals surface area contributed by atoms with Crippen LogP contribution in [0.15, 0.2) is 42.5 Å². The average Bonchev–Trinajstić information content (AvgIpc) is 2.44. The second kappa shape index (κ2) is 5.85. The third-order valence-corrected chi connectivity index (χ3v) is 3.53. The van der Waals surface area contributed by atoms with Crippen molar-refractivity contribution in [1.82, 2.24) is 0 Å². The smallest absolute Gasteiger partial charge is 0.159 e. The molecule has 0 amide bonds. The number of rotatable bonds is 4. The van der Waals surface area contributed by atoms with Gasteiger partial charge in [-0.1, -0.05) is 18.2 Å². The molecule has 0 bridgehead atoms. The van der Waals surface area contributed by atoms with Crippen molar-refractivity contribution in [3.05, 3.63) is 71.0 Å². The first kappa shape index (κ1) is 14.9. The zero-order chi connectivity index (χ0) is 14.8. The molecular formula is C15H12ClF3O. The highest BCUT2D eigenvalue weighted by atomic mass is 35.5. The molecule has 0 aliphatic heterocycles. The molecule has 0 aliphatic rings. The van der Waals surface area contributed by atoms with Gasteiger partial charge in [0.2, 0.25) is 0 Å². The zero-order valence-electron chi connectivity index (χ0n) is 10.4. The summed E-state index contributed by atoms with van der Waals surface area (Å²) in [5.74, 6) is -2.64. The first-order valence-electron chi connectivity index (χ1n) is 5.93. The maximum atomic E-state index is 13.3. The van der Waals surface area contributed by atoms with Crippen molar-refractivity contribution in [2.45, 2.75) is 12.0 Å². The summed E-state index contributed by atoms with van der Waals surface area (Å²) in [5, 5.41) is 10.5. The van der Waals surface area contributed by atoms with Crippen LogP contribution in [0.5, 0.6) is 0 Å². The Morgan fingerprint density at radius 2 is 1.60 bits per heavy atom. The van der Waals surface area contributed by atoms with Crippen LogP contribution >= 0.6 is 11.6 Å². The van der Waals surface area contributed by atoms with E-state index in [0.717, 1.165) is 12.1 Å². The second-order valence-corrected chi connectivity index (χ2v) is 4.86. The van der Waals surface area contributed by atoms with Crippen LogP contribution in [0, 0.1) is 17.5 Å². The van der Waals surface area contributed by atoms with Crippen LogP contribution in [-0.4, -0.2) is 11.0 Å². The molecule has 0 radical (unpaired) electrons. The summed E-state index contributed by atoms with van der Waals surface area (Å²) < 4.78 is 39.0. The third-order valence-electron chi connectivity index (χ3n) is 3.09. The maximum absolute atomic E-state index is 13.3. The average molecular weight is 301 g/mol. The van der Waals surface area contributed by atoms with E-state index in [1.807, 2.05) is 0 Å². The van der Waals surface area contributed by atoms with Crippen LogP contribution in [0.1, 0.15) is 11.1 Å². The Balaban J connectivity index is 2.32. The highest BCUT2D eigenvalue weighted by Crippen LogP contribution is 2.28. The van der Waals surface area contributed by atoms with Crippen molar-refractivity contribution in [2.24, 2.45) is 0 Å². The van der Waals surface area contributed by atoms with E-state index >= 15 is 0 Å². The molecular weight excluding hydrogens is 289 g/mol. The Labute approximate surface area is 119 Å². The zero-order valence-corrected chi connectivity index (χ0v) is 11.2. The van der Waals surface area contributed by atoms with Gasteiger partial charge in [-0.25, -0.2) is 13.2 Å². The van der Waals surface area contributed by atoms with Gasteiger partial charge in [0.05, 0.1) is 5.88 Å². The van der Waals surface area contributed by atoms with E-state index in [-0.39, 0.29) is 17.9 Å². The Kier molecular flexibility index (Phi) is 4.35. The van der Waals surface area contributed by atoms with Gasteiger partial charge in [-0.15, -0.1) is 11.6 Å². The topological polar surface area (TPSA) is 20.2 Å². The lowest BCUT2D eigenvalue weighted by molar-refractivity contribution is 0.0609. The van der Waals surface area contributed by atoms with E-state index in [0.29, 0.717) is 5.56 Å². The van der Waals surface area contributed by atoms with Crippen LogP contribution in [0.2, 0.25) is 0 Å². The Morgan fingerprint density at radius 3 is 2.15 bits per heavy atom. The summed E-state index contributed by atoms with van der Waals surface area (Å²) in [6, 6.07) is 8.67. The molecule has 0 aliphatic carbocycles. The molecule has 0 spiro atoms. The molecule has 106 valence electrons. The lowest BCUT2D eigenvalue weighted by Gasteiger charge is -2.26. The van der Waals surface area contributed by atoms with Crippen LogP contribution in [0.3, 0.4) is 0 Å². The van der Waals surface area contributed by atoms with Gasteiger partial charge in [0.1, 0.15) is 11.4 Å². The predicted molar refractivity (Wildman–Crippen MR) is 71.1 cm³/mol. The molecule has 0 fully saturated rings. The highest BCUT2D eigenvalue weighted by molar-refractivity contribution is 6.18. The van der Waals surface area contributed by atoms with Crippen LogP contribution < -0.4 is 0 Å². The molecule has 2 aromatic carbocycles. The standard InChI is InChI=1S/C15H12ClF3O/c16-9-15(20,8-10-1-4-12(17)5-2-10)11-3-6-13(18)14(19)7-11/h1-7,20H,8-9H2. The largest absolute Gasteiger partial charge is 0.384 e. The molecule has 1 unspecified atom stereocenters. The van der Waals surface area contributed by atoms with E-state index in [1.165, 1.54) is 30.3 Å². The summed E-state index contributed by atoms with van der Waals surface area (Å²) in [6.07, 6.45) is 0.0713. The predicted octanol–water partition coefficient (Wildman–Crippen LogP) is 3.77. The van der Waals surface area contributed by atoms with Crippen molar-refractivity contribution in [3.8, 4) is 0 Å². The number of halogens is 4. The molecule has 0 saturated heterocycles. The minimum atomic E-state index is -1.55. The van der Waals surface area contributed by atoms with E-state index < -0.39 is 23.1 Å². The first-order chi connectivity index (χ1) is 9.44. The summed E-state index contributed by atoms with van der Waals surface area (Å²) in [4.78, 5) is 0. The normalized spacial score (nSPS) is 14.1. The summed E-state index contributed by atoms with van der Waals surface area (Å²) in [7, 11) is 0. The van der Waals surface area contributed by atoms with Gasteiger partial charge in [0.15, 0.2) is 11.6 Å². The summed E-state index contributed by atoms with van der Waals surface area (Å²) in [5.41, 5.74) is -0.733. The van der Waals surface area contributed by atoms with Crippen molar-refractivity contribution in [2.75, 3.05) is 5.88 Å². The minimum absolute atomic E-state index is 0.0713. The molecule has 0 saturated carbocycles. The third kappa shape index (κ3) is 3.14. The Morgan fingerprint density at radius 1 is 0.950 bits per heavy atom. The van der Waals surface area contributed by atoms with Gasteiger partial charge in [-0.05, 0) is 35.4 Å². The van der Waals surface area contributed by atoms with Crippen LogP contribution in [0.4, 0.5) is 13.2 Å². The molecule has 0 aromatic heterocycles. The molecule has 2 aromatic rings. The molecule has 2 rings (SSSR count). The van der Waals surface area contributed by atoms with Crippen molar-refractivity contribution in [3.63, 3.8) is 0 Å². The second-order valence-electron chi connectivity index (χ2n) is 4.60. The van der Waals surface area contributed by atoms with E-state index in [9.17, 15) is 18.3 Å². The summed E-state index contributed by atoms with van der Waals surface area (Å²) >= 11 is 5.78. The van der Waals surface area contributed by atoms with Crippen LogP contribution in [0.25, 0.3) is 0 Å². The van der Waals surface area contributed by atoms with Gasteiger partial charge in [0.25, 0.3) is 0 Å². The molecule has 20 heavy (non-hydrogen) atoms. The Hall–Kier alpha value is -1.52. The van der Waals surface area contributed by atoms with Gasteiger partial charge in [0, 0.05) is 6.42 Å². The first-order valence-corrected chi connectivity index (χ1v) is 6.46. The van der Waals surface area contributed by atoms with Gasteiger partial charge < -0.3 is 5.11 Å². The van der Waals surface area contributed by atoms with Gasteiger partial charge >= 0.3 is 0 Å². The fraction of sp³-hybridized carbons (Fsp3) is 0.200. The number of aliphatic hydroxyl groups is 1. The molecule has 1 N–H and O–H groups in total. The number of hydrogen-bond acceptors (Lipinski definition) is 1. The minimum Gasteiger partial charge on any atom is -0.384 e. The molecule has 0 heterocycles. The van der Waals surface area contributed by atoms with Crippen molar-refractivity contribution >= 4 is 11.6 Å². The lowest BCUT2D eigenvalue weighted by Crippen LogP contribution is -2.31. The van der Waals surface area contributed by atoms with Crippen molar-refractivity contribution in [1.29, 1.82) is 0 Å². The Bertz CT molecular complexity index is 601. The number of alkyl halides is 1. The van der Waals surface area contributed by atoms with Crippen LogP contribution in [-0.2, 0) is 12.0 Å². The molecule has 5 heteroatoms. The van der Waals surface area contributed by atoms with E-state index in [4.69, 9.17) is 11.6 Å². The fourth-order valence-electron chi connectivity index (χ4n) is 1.95. The van der Waals surface area contributed by atoms with Gasteiger partial charge in [-0.2, -0.15) is 0 Å². The monoisotopic (exact) mass is 300 g/mol. The SMILES string of the molecule is OC(CCl)(Cc1ccc(F)cc1)c1ccc(F)c(F)c1. The lowest BCUT2D eigenvalue weighted by atomic mass is 9.89. The highest BCUT2D eigenvalue weighted by Gasteiger charge is 2.29. The van der Waals surface area contributed by atoms with E-state index in [1.54, 1.807) is 0 Å². The summed E-state index contributed by atoms with van der Waals surface area (Å²) in [6.45, 7) is 0.